The zero-order valence-corrected chi connectivity index (χ0v) is 21.0. The molecule has 7 aromatic rings. The molecule has 0 radical (unpaired) electrons. The molecule has 0 aliphatic rings. The van der Waals surface area contributed by atoms with Gasteiger partial charge < -0.3 is 0 Å². The van der Waals surface area contributed by atoms with Gasteiger partial charge in [0.1, 0.15) is 11.6 Å². The van der Waals surface area contributed by atoms with Gasteiger partial charge in [0.2, 0.25) is 0 Å². The van der Waals surface area contributed by atoms with Crippen LogP contribution in [0.1, 0.15) is 5.82 Å². The van der Waals surface area contributed by atoms with Gasteiger partial charge in [0.25, 0.3) is 0 Å². The summed E-state index contributed by atoms with van der Waals surface area (Å²) in [4.78, 5) is 9.67. The highest BCUT2D eigenvalue weighted by atomic mass is 15.1. The summed E-state index contributed by atoms with van der Waals surface area (Å²) in [5.74, 6) is 1.62. The predicted molar refractivity (Wildman–Crippen MR) is 157 cm³/mol. The van der Waals surface area contributed by atoms with Gasteiger partial charge in [0, 0.05) is 22.4 Å². The Morgan fingerprint density at radius 2 is 0.921 bits per heavy atom. The standard InChI is InChI=1S/C35H25N3/c1-24-36-32(27-15-9-4-10-16-27)23-35(37-24)38-33-19-17-28(25-11-5-2-6-12-25)21-30(33)31-22-29(18-20-34(31)38)26-13-7-3-8-14-26/h2-23H,1H3. The van der Waals surface area contributed by atoms with Crippen molar-refractivity contribution in [2.45, 2.75) is 6.92 Å². The van der Waals surface area contributed by atoms with E-state index in [4.69, 9.17) is 9.97 Å². The van der Waals surface area contributed by atoms with E-state index in [0.29, 0.717) is 0 Å². The van der Waals surface area contributed by atoms with Crippen LogP contribution in [0.2, 0.25) is 0 Å². The number of aromatic nitrogens is 3. The van der Waals surface area contributed by atoms with Gasteiger partial charge in [-0.15, -0.1) is 0 Å². The molecule has 0 fully saturated rings. The summed E-state index contributed by atoms with van der Waals surface area (Å²) < 4.78 is 2.27. The van der Waals surface area contributed by atoms with Crippen LogP contribution in [0.3, 0.4) is 0 Å². The minimum atomic E-state index is 0.748. The quantitative estimate of drug-likeness (QED) is 0.248. The van der Waals surface area contributed by atoms with Crippen LogP contribution in [0.25, 0.3) is 61.1 Å². The SMILES string of the molecule is Cc1nc(-c2ccccc2)cc(-n2c3ccc(-c4ccccc4)cc3c3cc(-c4ccccc4)ccc32)n1. The largest absolute Gasteiger partial charge is 0.294 e. The lowest BCUT2D eigenvalue weighted by Crippen LogP contribution is -2.02. The van der Waals surface area contributed by atoms with E-state index in [1.165, 1.54) is 33.0 Å². The summed E-state index contributed by atoms with van der Waals surface area (Å²) in [5.41, 5.74) is 9.07. The summed E-state index contributed by atoms with van der Waals surface area (Å²) >= 11 is 0. The first-order valence-electron chi connectivity index (χ1n) is 12.9. The normalized spacial score (nSPS) is 11.3. The third kappa shape index (κ3) is 3.86. The first kappa shape index (κ1) is 22.2. The number of hydrogen-bond acceptors (Lipinski definition) is 2. The minimum absolute atomic E-state index is 0.748. The number of benzene rings is 5. The van der Waals surface area contributed by atoms with Gasteiger partial charge in [-0.3, -0.25) is 4.57 Å². The van der Waals surface area contributed by atoms with E-state index in [9.17, 15) is 0 Å². The first-order valence-corrected chi connectivity index (χ1v) is 12.9. The van der Waals surface area contributed by atoms with Crippen LogP contribution in [-0.2, 0) is 0 Å². The van der Waals surface area contributed by atoms with Crippen LogP contribution in [0, 0.1) is 6.92 Å². The highest BCUT2D eigenvalue weighted by Crippen LogP contribution is 2.37. The maximum atomic E-state index is 4.92. The van der Waals surface area contributed by atoms with Crippen LogP contribution in [0.4, 0.5) is 0 Å². The smallest absolute Gasteiger partial charge is 0.141 e. The summed E-state index contributed by atoms with van der Waals surface area (Å²) in [7, 11) is 0. The Morgan fingerprint density at radius 1 is 0.447 bits per heavy atom. The highest BCUT2D eigenvalue weighted by Gasteiger charge is 2.17. The van der Waals surface area contributed by atoms with Crippen molar-refractivity contribution >= 4 is 21.8 Å². The number of aryl methyl sites for hydroxylation is 1. The third-order valence-corrected chi connectivity index (χ3v) is 7.10. The molecule has 0 aliphatic heterocycles. The van der Waals surface area contributed by atoms with Gasteiger partial charge >= 0.3 is 0 Å². The second-order valence-electron chi connectivity index (χ2n) is 9.56. The molecule has 0 amide bonds. The zero-order valence-electron chi connectivity index (χ0n) is 21.0. The second-order valence-corrected chi connectivity index (χ2v) is 9.56. The van der Waals surface area contributed by atoms with Crippen LogP contribution < -0.4 is 0 Å². The van der Waals surface area contributed by atoms with Crippen molar-refractivity contribution in [2.24, 2.45) is 0 Å². The molecule has 180 valence electrons. The first-order chi connectivity index (χ1) is 18.7. The van der Waals surface area contributed by atoms with Crippen molar-refractivity contribution in [3.8, 4) is 39.3 Å². The van der Waals surface area contributed by atoms with E-state index < -0.39 is 0 Å². The van der Waals surface area contributed by atoms with Crippen molar-refractivity contribution in [1.29, 1.82) is 0 Å². The highest BCUT2D eigenvalue weighted by molar-refractivity contribution is 6.11. The topological polar surface area (TPSA) is 30.7 Å². The molecule has 7 rings (SSSR count). The molecule has 0 atom stereocenters. The number of fused-ring (bicyclic) bond motifs is 3. The number of nitrogens with zero attached hydrogens (tertiary/aromatic N) is 3. The molecule has 0 saturated carbocycles. The van der Waals surface area contributed by atoms with E-state index in [1.807, 2.05) is 25.1 Å². The Morgan fingerprint density at radius 3 is 1.42 bits per heavy atom. The molecule has 0 saturated heterocycles. The molecule has 0 bridgehead atoms. The summed E-state index contributed by atoms with van der Waals surface area (Å²) in [5, 5.41) is 2.41. The van der Waals surface area contributed by atoms with E-state index >= 15 is 0 Å². The van der Waals surface area contributed by atoms with E-state index in [0.717, 1.165) is 33.9 Å². The van der Waals surface area contributed by atoms with Crippen molar-refractivity contribution in [3.63, 3.8) is 0 Å². The van der Waals surface area contributed by atoms with Gasteiger partial charge in [-0.05, 0) is 53.4 Å². The molecule has 3 nitrogen and oxygen atoms in total. The monoisotopic (exact) mass is 487 g/mol. The lowest BCUT2D eigenvalue weighted by molar-refractivity contribution is 0.985. The maximum Gasteiger partial charge on any atom is 0.141 e. The van der Waals surface area contributed by atoms with Crippen LogP contribution in [0.15, 0.2) is 133 Å². The van der Waals surface area contributed by atoms with Gasteiger partial charge in [0.15, 0.2) is 0 Å². The Balaban J connectivity index is 1.51. The molecule has 0 spiro atoms. The molecule has 2 heterocycles. The fraction of sp³-hybridized carbons (Fsp3) is 0.0286. The summed E-state index contributed by atoms with van der Waals surface area (Å²) in [6.45, 7) is 1.96. The molecule has 2 aromatic heterocycles. The maximum absolute atomic E-state index is 4.92. The summed E-state index contributed by atoms with van der Waals surface area (Å²) in [6.07, 6.45) is 0. The van der Waals surface area contributed by atoms with Gasteiger partial charge in [-0.25, -0.2) is 9.97 Å². The van der Waals surface area contributed by atoms with Crippen LogP contribution in [0.5, 0.6) is 0 Å². The number of rotatable bonds is 4. The average molecular weight is 488 g/mol. The number of hydrogen-bond donors (Lipinski definition) is 0. The molecular weight excluding hydrogens is 462 g/mol. The predicted octanol–water partition coefficient (Wildman–Crippen LogP) is 8.88. The Hall–Kier alpha value is -5.02. The van der Waals surface area contributed by atoms with E-state index in [2.05, 4.69) is 120 Å². The molecule has 0 N–H and O–H groups in total. The van der Waals surface area contributed by atoms with Crippen molar-refractivity contribution in [1.82, 2.24) is 14.5 Å². The van der Waals surface area contributed by atoms with E-state index in [-0.39, 0.29) is 0 Å². The van der Waals surface area contributed by atoms with Crippen molar-refractivity contribution < 1.29 is 0 Å². The fourth-order valence-electron chi connectivity index (χ4n) is 5.31. The minimum Gasteiger partial charge on any atom is -0.294 e. The molecule has 38 heavy (non-hydrogen) atoms. The Labute approximate surface area is 221 Å². The fourth-order valence-corrected chi connectivity index (χ4v) is 5.31. The van der Waals surface area contributed by atoms with Crippen LogP contribution >= 0.6 is 0 Å². The van der Waals surface area contributed by atoms with Crippen molar-refractivity contribution in [2.75, 3.05) is 0 Å². The van der Waals surface area contributed by atoms with E-state index in [1.54, 1.807) is 0 Å². The molecule has 3 heteroatoms. The Bertz CT molecular complexity index is 1810. The molecular formula is C35H25N3. The van der Waals surface area contributed by atoms with Gasteiger partial charge in [0.05, 0.1) is 16.7 Å². The third-order valence-electron chi connectivity index (χ3n) is 7.10. The summed E-state index contributed by atoms with van der Waals surface area (Å²) in [6, 6.07) is 47.0. The van der Waals surface area contributed by atoms with Gasteiger partial charge in [-0.2, -0.15) is 0 Å². The van der Waals surface area contributed by atoms with Crippen molar-refractivity contribution in [3.05, 3.63) is 139 Å². The second kappa shape index (κ2) is 9.13. The Kier molecular flexibility index (Phi) is 5.33. The van der Waals surface area contributed by atoms with Gasteiger partial charge in [-0.1, -0.05) is 103 Å². The average Bonchev–Trinajstić information content (AvgIpc) is 3.31. The lowest BCUT2D eigenvalue weighted by Gasteiger charge is -2.11. The molecule has 0 aliphatic carbocycles. The van der Waals surface area contributed by atoms with Crippen LogP contribution in [-0.4, -0.2) is 14.5 Å². The lowest BCUT2D eigenvalue weighted by atomic mass is 10.0. The molecule has 5 aromatic carbocycles. The zero-order chi connectivity index (χ0) is 25.5. The molecule has 0 unspecified atom stereocenters.